The average molecular weight is 419 g/mol. The largest absolute Gasteiger partial charge is 0.492 e. The van der Waals surface area contributed by atoms with E-state index in [4.69, 9.17) is 4.74 Å². The van der Waals surface area contributed by atoms with Gasteiger partial charge in [-0.1, -0.05) is 18.2 Å². The molecule has 0 saturated carbocycles. The second kappa shape index (κ2) is 8.66. The van der Waals surface area contributed by atoms with E-state index in [9.17, 15) is 18.8 Å². The molecule has 0 bridgehead atoms. The molecule has 8 heteroatoms. The van der Waals surface area contributed by atoms with Crippen LogP contribution in [0, 0.1) is 5.82 Å². The van der Waals surface area contributed by atoms with Crippen LogP contribution in [0.1, 0.15) is 5.69 Å². The summed E-state index contributed by atoms with van der Waals surface area (Å²) in [7, 11) is 0. The normalized spacial score (nSPS) is 15.3. The first-order valence-electron chi connectivity index (χ1n) is 9.53. The Hall–Kier alpha value is -4.20. The van der Waals surface area contributed by atoms with Gasteiger partial charge in [-0.3, -0.25) is 14.9 Å². The predicted octanol–water partition coefficient (Wildman–Crippen LogP) is 3.37. The molecule has 1 N–H and O–H groups in total. The Labute approximate surface area is 177 Å². The van der Waals surface area contributed by atoms with E-state index in [1.54, 1.807) is 18.3 Å². The van der Waals surface area contributed by atoms with Gasteiger partial charge in [-0.05, 0) is 54.6 Å². The van der Waals surface area contributed by atoms with E-state index in [0.29, 0.717) is 18.8 Å². The van der Waals surface area contributed by atoms with E-state index in [1.165, 1.54) is 18.2 Å². The van der Waals surface area contributed by atoms with E-state index in [0.717, 1.165) is 22.8 Å². The number of aromatic nitrogens is 1. The van der Waals surface area contributed by atoms with Gasteiger partial charge >= 0.3 is 6.03 Å². The monoisotopic (exact) mass is 419 g/mol. The van der Waals surface area contributed by atoms with Gasteiger partial charge in [-0.15, -0.1) is 0 Å². The molecule has 1 aliphatic heterocycles. The van der Waals surface area contributed by atoms with Crippen molar-refractivity contribution in [2.75, 3.05) is 11.5 Å². The molecular weight excluding hydrogens is 401 g/mol. The van der Waals surface area contributed by atoms with Crippen molar-refractivity contribution in [1.29, 1.82) is 0 Å². The maximum Gasteiger partial charge on any atom is 0.335 e. The Morgan fingerprint density at radius 3 is 2.42 bits per heavy atom. The highest BCUT2D eigenvalue weighted by Crippen LogP contribution is 2.22. The number of carbonyl (C=O) groups excluding carboxylic acids is 3. The van der Waals surface area contributed by atoms with Crippen LogP contribution in [0.15, 0.2) is 78.5 Å². The highest BCUT2D eigenvalue weighted by atomic mass is 19.1. The number of rotatable bonds is 6. The number of ether oxygens (including phenoxy) is 1. The number of hydrogen-bond donors (Lipinski definition) is 1. The van der Waals surface area contributed by atoms with Crippen LogP contribution in [0.3, 0.4) is 0 Å². The van der Waals surface area contributed by atoms with Crippen LogP contribution >= 0.6 is 0 Å². The van der Waals surface area contributed by atoms with Crippen LogP contribution in [0.25, 0.3) is 6.08 Å². The number of carbonyl (C=O) groups is 3. The number of amides is 4. The molecule has 31 heavy (non-hydrogen) atoms. The molecule has 1 saturated heterocycles. The molecule has 1 aromatic heterocycles. The van der Waals surface area contributed by atoms with Crippen LogP contribution in [-0.4, -0.2) is 29.0 Å². The van der Waals surface area contributed by atoms with E-state index < -0.39 is 23.7 Å². The standard InChI is InChI=1S/C23H18FN3O4/c24-16-8-10-17(11-9-16)27-22(29)20(21(28)25-23(27)30)15-18-5-4-12-26(18)13-14-31-19-6-2-1-3-7-19/h1-12,15H,13-14H2,(H,25,28,30)/b20-15-. The van der Waals surface area contributed by atoms with E-state index in [2.05, 4.69) is 5.32 Å². The summed E-state index contributed by atoms with van der Waals surface area (Å²) in [6.07, 6.45) is 3.22. The molecule has 0 atom stereocenters. The Balaban J connectivity index is 1.54. The van der Waals surface area contributed by atoms with Gasteiger partial charge in [0.2, 0.25) is 0 Å². The Morgan fingerprint density at radius 2 is 1.68 bits per heavy atom. The smallest absolute Gasteiger partial charge is 0.335 e. The zero-order valence-corrected chi connectivity index (χ0v) is 16.3. The maximum absolute atomic E-state index is 13.2. The molecule has 1 aliphatic rings. The zero-order chi connectivity index (χ0) is 21.8. The first-order chi connectivity index (χ1) is 15.0. The first-order valence-corrected chi connectivity index (χ1v) is 9.53. The summed E-state index contributed by atoms with van der Waals surface area (Å²) in [5.41, 5.74) is 0.561. The van der Waals surface area contributed by atoms with Crippen molar-refractivity contribution in [3.8, 4) is 5.75 Å². The summed E-state index contributed by atoms with van der Waals surface area (Å²) in [6, 6.07) is 16.9. The quantitative estimate of drug-likeness (QED) is 0.491. The molecule has 1 fully saturated rings. The summed E-state index contributed by atoms with van der Waals surface area (Å²) >= 11 is 0. The summed E-state index contributed by atoms with van der Waals surface area (Å²) in [5, 5.41) is 2.15. The molecular formula is C23H18FN3O4. The van der Waals surface area contributed by atoms with Crippen LogP contribution < -0.4 is 15.0 Å². The highest BCUT2D eigenvalue weighted by molar-refractivity contribution is 6.39. The van der Waals surface area contributed by atoms with Crippen molar-refractivity contribution < 1.29 is 23.5 Å². The zero-order valence-electron chi connectivity index (χ0n) is 16.3. The molecule has 4 rings (SSSR count). The molecule has 0 unspecified atom stereocenters. The number of imide groups is 2. The maximum atomic E-state index is 13.2. The molecule has 7 nitrogen and oxygen atoms in total. The fourth-order valence-electron chi connectivity index (χ4n) is 3.17. The lowest BCUT2D eigenvalue weighted by molar-refractivity contribution is -0.122. The van der Waals surface area contributed by atoms with Crippen molar-refractivity contribution in [2.45, 2.75) is 6.54 Å². The van der Waals surface area contributed by atoms with Gasteiger partial charge in [0, 0.05) is 11.9 Å². The molecule has 2 heterocycles. The molecule has 0 aliphatic carbocycles. The molecule has 4 amide bonds. The SMILES string of the molecule is O=C1NC(=O)N(c2ccc(F)cc2)C(=O)/C1=C\c1cccn1CCOc1ccccc1. The number of nitrogens with zero attached hydrogens (tertiary/aromatic N) is 2. The molecule has 2 aromatic carbocycles. The Bertz CT molecular complexity index is 1150. The number of halogens is 1. The second-order valence-electron chi connectivity index (χ2n) is 6.72. The predicted molar refractivity (Wildman–Crippen MR) is 112 cm³/mol. The molecule has 156 valence electrons. The Morgan fingerprint density at radius 1 is 0.935 bits per heavy atom. The number of hydrogen-bond acceptors (Lipinski definition) is 4. The number of para-hydroxylation sites is 1. The van der Waals surface area contributed by atoms with Crippen LogP contribution in [-0.2, 0) is 16.1 Å². The molecule has 0 spiro atoms. The number of anilines is 1. The van der Waals surface area contributed by atoms with Crippen molar-refractivity contribution in [2.24, 2.45) is 0 Å². The van der Waals surface area contributed by atoms with Gasteiger partial charge in [-0.25, -0.2) is 14.1 Å². The Kier molecular flexibility index (Phi) is 5.61. The minimum atomic E-state index is -0.884. The van der Waals surface area contributed by atoms with Crippen molar-refractivity contribution in [1.82, 2.24) is 9.88 Å². The number of benzene rings is 2. The van der Waals surface area contributed by atoms with E-state index in [1.807, 2.05) is 34.9 Å². The van der Waals surface area contributed by atoms with Crippen LogP contribution in [0.4, 0.5) is 14.9 Å². The fourth-order valence-corrected chi connectivity index (χ4v) is 3.17. The van der Waals surface area contributed by atoms with Gasteiger partial charge in [0.05, 0.1) is 12.2 Å². The highest BCUT2D eigenvalue weighted by Gasteiger charge is 2.36. The molecule has 3 aromatic rings. The second-order valence-corrected chi connectivity index (χ2v) is 6.72. The average Bonchev–Trinajstić information content (AvgIpc) is 3.20. The fraction of sp³-hybridized carbons (Fsp3) is 0.0870. The summed E-state index contributed by atoms with van der Waals surface area (Å²) < 4.78 is 20.7. The number of barbiturate groups is 1. The lowest BCUT2D eigenvalue weighted by atomic mass is 10.1. The van der Waals surface area contributed by atoms with Crippen LogP contribution in [0.2, 0.25) is 0 Å². The lowest BCUT2D eigenvalue weighted by Gasteiger charge is -2.26. The lowest BCUT2D eigenvalue weighted by Crippen LogP contribution is -2.54. The minimum absolute atomic E-state index is 0.161. The van der Waals surface area contributed by atoms with Gasteiger partial charge in [0.1, 0.15) is 23.7 Å². The number of nitrogens with one attached hydrogen (secondary N) is 1. The summed E-state index contributed by atoms with van der Waals surface area (Å²) in [6.45, 7) is 0.868. The third kappa shape index (κ3) is 4.37. The third-order valence-electron chi connectivity index (χ3n) is 4.69. The topological polar surface area (TPSA) is 80.6 Å². The van der Waals surface area contributed by atoms with Gasteiger partial charge < -0.3 is 9.30 Å². The third-order valence-corrected chi connectivity index (χ3v) is 4.69. The van der Waals surface area contributed by atoms with Crippen molar-refractivity contribution in [3.63, 3.8) is 0 Å². The van der Waals surface area contributed by atoms with Crippen molar-refractivity contribution in [3.05, 3.63) is 90.0 Å². The van der Waals surface area contributed by atoms with E-state index >= 15 is 0 Å². The van der Waals surface area contributed by atoms with E-state index in [-0.39, 0.29) is 11.3 Å². The molecule has 0 radical (unpaired) electrons. The van der Waals surface area contributed by atoms with Crippen LogP contribution in [0.5, 0.6) is 5.75 Å². The van der Waals surface area contributed by atoms with Gasteiger partial charge in [-0.2, -0.15) is 0 Å². The number of urea groups is 1. The van der Waals surface area contributed by atoms with Gasteiger partial charge in [0.25, 0.3) is 11.8 Å². The minimum Gasteiger partial charge on any atom is -0.492 e. The van der Waals surface area contributed by atoms with Crippen molar-refractivity contribution >= 4 is 29.6 Å². The first kappa shape index (κ1) is 20.1. The van der Waals surface area contributed by atoms with Gasteiger partial charge in [0.15, 0.2) is 0 Å². The summed E-state index contributed by atoms with van der Waals surface area (Å²) in [5.74, 6) is -1.34. The summed E-state index contributed by atoms with van der Waals surface area (Å²) in [4.78, 5) is 38.3.